The number of rotatable bonds is 6. The molecule has 1 aliphatic rings. The van der Waals surface area contributed by atoms with Gasteiger partial charge in [-0.25, -0.2) is 17.6 Å². The number of nitrogens with zero attached hydrogens (tertiary/aromatic N) is 1. The van der Waals surface area contributed by atoms with Gasteiger partial charge >= 0.3 is 5.97 Å². The lowest BCUT2D eigenvalue weighted by molar-refractivity contribution is -0.118. The van der Waals surface area contributed by atoms with Crippen molar-refractivity contribution in [2.75, 3.05) is 11.4 Å². The van der Waals surface area contributed by atoms with Crippen LogP contribution >= 0.6 is 22.9 Å². The van der Waals surface area contributed by atoms with E-state index < -0.39 is 33.8 Å². The summed E-state index contributed by atoms with van der Waals surface area (Å²) in [6.45, 7) is 1.71. The van der Waals surface area contributed by atoms with Crippen molar-refractivity contribution in [2.24, 2.45) is 0 Å². The van der Waals surface area contributed by atoms with E-state index in [-0.39, 0.29) is 24.2 Å². The summed E-state index contributed by atoms with van der Waals surface area (Å²) in [5, 5.41) is 9.93. The van der Waals surface area contributed by atoms with E-state index in [9.17, 15) is 22.4 Å². The number of sulfonamides is 1. The van der Waals surface area contributed by atoms with Crippen molar-refractivity contribution in [1.82, 2.24) is 4.72 Å². The number of carboxylic acid groups (broad SMARTS) is 1. The number of aromatic carboxylic acids is 1. The van der Waals surface area contributed by atoms with Crippen molar-refractivity contribution in [3.05, 3.63) is 56.3 Å². The number of carbonyl (C=O) groups is 2. The van der Waals surface area contributed by atoms with Crippen LogP contribution in [0.15, 0.2) is 35.7 Å². The van der Waals surface area contributed by atoms with Crippen LogP contribution in [-0.4, -0.2) is 38.0 Å². The molecule has 1 aliphatic heterocycles. The smallest absolute Gasteiger partial charge is 0.335 e. The Hall–Kier alpha value is -2.27. The molecule has 0 saturated carbocycles. The highest BCUT2D eigenvalue weighted by atomic mass is 35.5. The topological polar surface area (TPSA) is 104 Å². The fourth-order valence-corrected chi connectivity index (χ4v) is 5.30. The molecule has 1 unspecified atom stereocenters. The zero-order valence-electron chi connectivity index (χ0n) is 15.1. The number of allylic oxidation sites excluding steroid dienone is 1. The second-order valence-corrected chi connectivity index (χ2v) is 9.65. The molecule has 11 heteroatoms. The summed E-state index contributed by atoms with van der Waals surface area (Å²) in [7, 11) is -3.94. The summed E-state index contributed by atoms with van der Waals surface area (Å²) in [5.41, 5.74) is 0.123. The van der Waals surface area contributed by atoms with Gasteiger partial charge in [0.1, 0.15) is 11.9 Å². The maximum absolute atomic E-state index is 14.2. The van der Waals surface area contributed by atoms with Crippen molar-refractivity contribution in [3.8, 4) is 0 Å². The van der Waals surface area contributed by atoms with Crippen molar-refractivity contribution < 1.29 is 27.5 Å². The van der Waals surface area contributed by atoms with E-state index in [2.05, 4.69) is 4.72 Å². The quantitative estimate of drug-likeness (QED) is 0.691. The molecule has 1 aromatic carbocycles. The molecule has 0 bridgehead atoms. The second kappa shape index (κ2) is 8.23. The molecule has 1 aromatic heterocycles. The summed E-state index contributed by atoms with van der Waals surface area (Å²) < 4.78 is 41.9. The molecule has 1 amide bonds. The van der Waals surface area contributed by atoms with Gasteiger partial charge in [-0.15, -0.1) is 11.3 Å². The summed E-state index contributed by atoms with van der Waals surface area (Å²) in [6.07, 6.45) is 0.149. The fraction of sp³-hybridized carbons (Fsp3) is 0.222. The lowest BCUT2D eigenvalue weighted by Gasteiger charge is -2.18. The first-order chi connectivity index (χ1) is 13.6. The molecule has 1 fully saturated rings. The largest absolute Gasteiger partial charge is 0.478 e. The number of carboxylic acids is 1. The zero-order chi connectivity index (χ0) is 21.3. The Bertz CT molecular complexity index is 1110. The highest BCUT2D eigenvalue weighted by Crippen LogP contribution is 2.29. The van der Waals surface area contributed by atoms with E-state index in [1.165, 1.54) is 23.5 Å². The number of nitrogens with one attached hydrogen (secondary N) is 1. The van der Waals surface area contributed by atoms with Crippen LogP contribution in [0.4, 0.5) is 10.1 Å². The molecule has 0 aliphatic carbocycles. The monoisotopic (exact) mass is 458 g/mol. The van der Waals surface area contributed by atoms with Gasteiger partial charge in [0, 0.05) is 11.4 Å². The van der Waals surface area contributed by atoms with Crippen LogP contribution in [0.3, 0.4) is 0 Å². The molecule has 3 rings (SSSR count). The number of hydrogen-bond donors (Lipinski definition) is 2. The van der Waals surface area contributed by atoms with Gasteiger partial charge in [0.15, 0.2) is 0 Å². The van der Waals surface area contributed by atoms with E-state index in [1.54, 1.807) is 19.1 Å². The minimum Gasteiger partial charge on any atom is -0.478 e. The minimum absolute atomic E-state index is 0.0957. The van der Waals surface area contributed by atoms with Crippen molar-refractivity contribution >= 4 is 56.1 Å². The van der Waals surface area contributed by atoms with Crippen LogP contribution in [0.5, 0.6) is 0 Å². The molecule has 1 saturated heterocycles. The van der Waals surface area contributed by atoms with E-state index >= 15 is 0 Å². The summed E-state index contributed by atoms with van der Waals surface area (Å²) >= 11 is 7.09. The van der Waals surface area contributed by atoms with Crippen LogP contribution in [0.1, 0.15) is 28.6 Å². The van der Waals surface area contributed by atoms with E-state index in [0.717, 1.165) is 16.4 Å². The molecule has 7 nitrogen and oxygen atoms in total. The normalized spacial score (nSPS) is 17.8. The van der Waals surface area contributed by atoms with Crippen LogP contribution in [0, 0.1) is 5.82 Å². The predicted molar refractivity (Wildman–Crippen MR) is 109 cm³/mol. The Morgan fingerprint density at radius 2 is 2.10 bits per heavy atom. The third-order valence-electron chi connectivity index (χ3n) is 4.29. The average Bonchev–Trinajstić information content (AvgIpc) is 3.21. The molecule has 0 spiro atoms. The highest BCUT2D eigenvalue weighted by molar-refractivity contribution is 7.92. The Morgan fingerprint density at radius 3 is 2.69 bits per heavy atom. The van der Waals surface area contributed by atoms with Gasteiger partial charge < -0.3 is 10.0 Å². The van der Waals surface area contributed by atoms with E-state index in [0.29, 0.717) is 14.8 Å². The van der Waals surface area contributed by atoms with Crippen LogP contribution in [-0.2, 0) is 14.8 Å². The second-order valence-electron chi connectivity index (χ2n) is 6.37. The van der Waals surface area contributed by atoms with Crippen molar-refractivity contribution in [2.45, 2.75) is 19.4 Å². The van der Waals surface area contributed by atoms with Gasteiger partial charge in [-0.3, -0.25) is 4.79 Å². The number of benzene rings is 1. The van der Waals surface area contributed by atoms with E-state index in [1.807, 2.05) is 0 Å². The number of halogens is 2. The molecule has 2 heterocycles. The van der Waals surface area contributed by atoms with Gasteiger partial charge in [-0.2, -0.15) is 4.72 Å². The SMILES string of the molecule is C/C(=C/S(=O)(=O)NC1CCN(c2ccc(C(=O)O)cc2F)C1=O)c1ccc(Cl)s1. The molecule has 2 N–H and O–H groups in total. The Morgan fingerprint density at radius 1 is 1.38 bits per heavy atom. The van der Waals surface area contributed by atoms with Crippen LogP contribution in [0.2, 0.25) is 4.34 Å². The Labute approximate surface area is 175 Å². The molecular weight excluding hydrogens is 443 g/mol. The first kappa shape index (κ1) is 21.4. The van der Waals surface area contributed by atoms with Crippen LogP contribution in [0.25, 0.3) is 5.57 Å². The fourth-order valence-electron chi connectivity index (χ4n) is 2.94. The van der Waals surface area contributed by atoms with Crippen molar-refractivity contribution in [1.29, 1.82) is 0 Å². The maximum atomic E-state index is 14.2. The van der Waals surface area contributed by atoms with Crippen LogP contribution < -0.4 is 9.62 Å². The number of hydrogen-bond acceptors (Lipinski definition) is 5. The summed E-state index contributed by atoms with van der Waals surface area (Å²) in [5.74, 6) is -2.77. The molecular formula is C18H16ClFN2O5S2. The Kier molecular flexibility index (Phi) is 6.08. The van der Waals surface area contributed by atoms with Gasteiger partial charge in [0.05, 0.1) is 21.0 Å². The third-order valence-corrected chi connectivity index (χ3v) is 6.93. The standard InChI is InChI=1S/C18H16ClFN2O5S2/c1-10(15-4-5-16(19)28-15)9-29(26,27)21-13-6-7-22(17(13)23)14-3-2-11(18(24)25)8-12(14)20/h2-5,8-9,13,21H,6-7H2,1H3,(H,24,25)/b10-9-. The molecule has 1 atom stereocenters. The van der Waals surface area contributed by atoms with Gasteiger partial charge in [-0.1, -0.05) is 11.6 Å². The first-order valence-electron chi connectivity index (χ1n) is 8.38. The molecule has 0 radical (unpaired) electrons. The van der Waals surface area contributed by atoms with Gasteiger partial charge in [-0.05, 0) is 49.2 Å². The molecule has 2 aromatic rings. The number of anilines is 1. The lowest BCUT2D eigenvalue weighted by Crippen LogP contribution is -2.41. The minimum atomic E-state index is -3.94. The molecule has 154 valence electrons. The summed E-state index contributed by atoms with van der Waals surface area (Å²) in [4.78, 5) is 25.3. The predicted octanol–water partition coefficient (Wildman–Crippen LogP) is 3.32. The lowest BCUT2D eigenvalue weighted by atomic mass is 10.2. The van der Waals surface area contributed by atoms with Gasteiger partial charge in [0.25, 0.3) is 0 Å². The Balaban J connectivity index is 1.75. The summed E-state index contributed by atoms with van der Waals surface area (Å²) in [6, 6.07) is 5.50. The van der Waals surface area contributed by atoms with Gasteiger partial charge in [0.2, 0.25) is 15.9 Å². The first-order valence-corrected chi connectivity index (χ1v) is 11.1. The maximum Gasteiger partial charge on any atom is 0.335 e. The zero-order valence-corrected chi connectivity index (χ0v) is 17.4. The highest BCUT2D eigenvalue weighted by Gasteiger charge is 2.36. The number of amides is 1. The van der Waals surface area contributed by atoms with E-state index in [4.69, 9.17) is 16.7 Å². The number of thiophene rings is 1. The number of carbonyl (C=O) groups excluding carboxylic acids is 1. The molecule has 29 heavy (non-hydrogen) atoms. The average molecular weight is 459 g/mol. The third kappa shape index (κ3) is 4.84. The van der Waals surface area contributed by atoms with Crippen molar-refractivity contribution in [3.63, 3.8) is 0 Å².